The van der Waals surface area contributed by atoms with Gasteiger partial charge in [-0.3, -0.25) is 4.98 Å². The van der Waals surface area contributed by atoms with E-state index in [2.05, 4.69) is 11.1 Å². The second-order valence-electron chi connectivity index (χ2n) is 3.06. The number of rotatable bonds is 3. The highest BCUT2D eigenvalue weighted by Gasteiger charge is 2.00. The summed E-state index contributed by atoms with van der Waals surface area (Å²) in [6, 6.07) is 4.01. The lowest BCUT2D eigenvalue weighted by atomic mass is 10.1. The molecule has 3 heteroatoms. The minimum Gasteiger partial charge on any atom is -0.397 e. The van der Waals surface area contributed by atoms with E-state index < -0.39 is 0 Å². The number of hydrogen-bond donors (Lipinski definition) is 1. The maximum absolute atomic E-state index is 8.36. The van der Waals surface area contributed by atoms with Crippen molar-refractivity contribution in [3.8, 4) is 6.07 Å². The highest BCUT2D eigenvalue weighted by Crippen LogP contribution is 2.12. The van der Waals surface area contributed by atoms with Crippen molar-refractivity contribution in [2.24, 2.45) is 0 Å². The van der Waals surface area contributed by atoms with Crippen LogP contribution in [0.1, 0.15) is 24.1 Å². The Morgan fingerprint density at radius 3 is 3.00 bits per heavy atom. The molecule has 0 saturated heterocycles. The van der Waals surface area contributed by atoms with E-state index in [1.54, 1.807) is 6.20 Å². The third kappa shape index (κ3) is 2.75. The van der Waals surface area contributed by atoms with E-state index in [9.17, 15) is 0 Å². The van der Waals surface area contributed by atoms with Crippen molar-refractivity contribution < 1.29 is 0 Å². The van der Waals surface area contributed by atoms with Gasteiger partial charge >= 0.3 is 0 Å². The number of hydrogen-bond acceptors (Lipinski definition) is 3. The number of nitrogens with zero attached hydrogens (tertiary/aromatic N) is 2. The largest absolute Gasteiger partial charge is 0.397 e. The Morgan fingerprint density at radius 2 is 2.38 bits per heavy atom. The molecule has 0 radical (unpaired) electrons. The van der Waals surface area contributed by atoms with Crippen LogP contribution < -0.4 is 5.73 Å². The van der Waals surface area contributed by atoms with Gasteiger partial charge in [-0.25, -0.2) is 0 Å². The smallest absolute Gasteiger partial charge is 0.0633 e. The van der Waals surface area contributed by atoms with Crippen molar-refractivity contribution in [3.63, 3.8) is 0 Å². The van der Waals surface area contributed by atoms with Crippen LogP contribution in [0, 0.1) is 18.3 Å². The standard InChI is InChI=1S/C10H13N3/c1-8-6-9(12)10(13-7-8)4-2-3-5-11/h6-7H,2-4,12H2,1H3. The number of nitriles is 1. The van der Waals surface area contributed by atoms with E-state index in [0.717, 1.165) is 29.8 Å². The summed E-state index contributed by atoms with van der Waals surface area (Å²) >= 11 is 0. The van der Waals surface area contributed by atoms with E-state index >= 15 is 0 Å². The van der Waals surface area contributed by atoms with Gasteiger partial charge in [0.1, 0.15) is 0 Å². The number of aryl methyl sites for hydroxylation is 2. The Kier molecular flexibility index (Phi) is 3.27. The maximum atomic E-state index is 8.36. The van der Waals surface area contributed by atoms with Gasteiger partial charge in [0, 0.05) is 12.6 Å². The van der Waals surface area contributed by atoms with Crippen molar-refractivity contribution in [2.45, 2.75) is 26.2 Å². The molecule has 1 aromatic rings. The van der Waals surface area contributed by atoms with Gasteiger partial charge in [-0.05, 0) is 31.4 Å². The van der Waals surface area contributed by atoms with Crippen LogP contribution in [0.25, 0.3) is 0 Å². The zero-order valence-electron chi connectivity index (χ0n) is 7.75. The molecule has 68 valence electrons. The number of pyridine rings is 1. The fourth-order valence-electron chi connectivity index (χ4n) is 1.16. The average molecular weight is 175 g/mol. The van der Waals surface area contributed by atoms with Gasteiger partial charge < -0.3 is 5.73 Å². The third-order valence-electron chi connectivity index (χ3n) is 1.84. The third-order valence-corrected chi connectivity index (χ3v) is 1.84. The fourth-order valence-corrected chi connectivity index (χ4v) is 1.16. The molecular weight excluding hydrogens is 162 g/mol. The molecule has 0 aromatic carbocycles. The van der Waals surface area contributed by atoms with Crippen molar-refractivity contribution in [1.82, 2.24) is 4.98 Å². The van der Waals surface area contributed by atoms with Crippen LogP contribution in [0.4, 0.5) is 5.69 Å². The summed E-state index contributed by atoms with van der Waals surface area (Å²) in [5.74, 6) is 0. The molecule has 1 rings (SSSR count). The molecule has 0 aliphatic rings. The fraction of sp³-hybridized carbons (Fsp3) is 0.400. The van der Waals surface area contributed by atoms with Crippen LogP contribution in [0.2, 0.25) is 0 Å². The monoisotopic (exact) mass is 175 g/mol. The summed E-state index contributed by atoms with van der Waals surface area (Å²) in [5.41, 5.74) is 8.47. The molecular formula is C10H13N3. The molecule has 3 nitrogen and oxygen atoms in total. The first-order valence-corrected chi connectivity index (χ1v) is 4.32. The first-order valence-electron chi connectivity index (χ1n) is 4.32. The van der Waals surface area contributed by atoms with Crippen molar-refractivity contribution >= 4 is 5.69 Å². The summed E-state index contributed by atoms with van der Waals surface area (Å²) in [7, 11) is 0. The van der Waals surface area contributed by atoms with Crippen molar-refractivity contribution in [2.75, 3.05) is 5.73 Å². The first-order chi connectivity index (χ1) is 6.24. The summed E-state index contributed by atoms with van der Waals surface area (Å²) < 4.78 is 0. The molecule has 0 spiro atoms. The van der Waals surface area contributed by atoms with E-state index in [1.165, 1.54) is 0 Å². The summed E-state index contributed by atoms with van der Waals surface area (Å²) in [4.78, 5) is 4.22. The highest BCUT2D eigenvalue weighted by atomic mass is 14.7. The predicted octanol–water partition coefficient (Wildman–Crippen LogP) is 1.82. The van der Waals surface area contributed by atoms with Gasteiger partial charge in [0.05, 0.1) is 17.5 Å². The van der Waals surface area contributed by atoms with Crippen LogP contribution in [-0.4, -0.2) is 4.98 Å². The Morgan fingerprint density at radius 1 is 1.62 bits per heavy atom. The summed E-state index contributed by atoms with van der Waals surface area (Å²) in [5, 5.41) is 8.36. The first kappa shape index (κ1) is 9.53. The minimum absolute atomic E-state index is 0.564. The maximum Gasteiger partial charge on any atom is 0.0633 e. The van der Waals surface area contributed by atoms with E-state index in [0.29, 0.717) is 6.42 Å². The van der Waals surface area contributed by atoms with Gasteiger partial charge in [0.15, 0.2) is 0 Å². The lowest BCUT2D eigenvalue weighted by Crippen LogP contribution is -1.98. The molecule has 0 unspecified atom stereocenters. The summed E-state index contributed by atoms with van der Waals surface area (Å²) in [6.07, 6.45) is 3.99. The molecule has 13 heavy (non-hydrogen) atoms. The lowest BCUT2D eigenvalue weighted by molar-refractivity contribution is 0.826. The van der Waals surface area contributed by atoms with Gasteiger partial charge in [0.25, 0.3) is 0 Å². The molecule has 0 aliphatic carbocycles. The molecule has 1 heterocycles. The van der Waals surface area contributed by atoms with Crippen molar-refractivity contribution in [3.05, 3.63) is 23.5 Å². The zero-order chi connectivity index (χ0) is 9.68. The average Bonchev–Trinajstić information content (AvgIpc) is 2.09. The molecule has 0 bridgehead atoms. The van der Waals surface area contributed by atoms with E-state index in [4.69, 9.17) is 11.0 Å². The van der Waals surface area contributed by atoms with Crippen molar-refractivity contribution in [1.29, 1.82) is 5.26 Å². The van der Waals surface area contributed by atoms with Crippen LogP contribution in [0.15, 0.2) is 12.3 Å². The minimum atomic E-state index is 0.564. The lowest BCUT2D eigenvalue weighted by Gasteiger charge is -2.03. The van der Waals surface area contributed by atoms with E-state index in [1.807, 2.05) is 13.0 Å². The van der Waals surface area contributed by atoms with Crippen LogP contribution in [0.3, 0.4) is 0 Å². The van der Waals surface area contributed by atoms with Crippen LogP contribution in [0.5, 0.6) is 0 Å². The number of unbranched alkanes of at least 4 members (excludes halogenated alkanes) is 1. The van der Waals surface area contributed by atoms with Gasteiger partial charge in [-0.15, -0.1) is 0 Å². The Hall–Kier alpha value is -1.56. The molecule has 0 amide bonds. The van der Waals surface area contributed by atoms with E-state index in [-0.39, 0.29) is 0 Å². The second kappa shape index (κ2) is 4.46. The Balaban J connectivity index is 2.62. The molecule has 1 aromatic heterocycles. The molecule has 0 fully saturated rings. The van der Waals surface area contributed by atoms with Gasteiger partial charge in [-0.2, -0.15) is 5.26 Å². The Bertz CT molecular complexity index is 325. The van der Waals surface area contributed by atoms with Crippen LogP contribution >= 0.6 is 0 Å². The number of nitrogens with two attached hydrogens (primary N) is 1. The number of anilines is 1. The highest BCUT2D eigenvalue weighted by molar-refractivity contribution is 5.44. The van der Waals surface area contributed by atoms with Gasteiger partial charge in [-0.1, -0.05) is 0 Å². The molecule has 0 saturated carbocycles. The molecule has 0 atom stereocenters. The van der Waals surface area contributed by atoms with Crippen LogP contribution in [-0.2, 0) is 6.42 Å². The zero-order valence-corrected chi connectivity index (χ0v) is 7.75. The predicted molar refractivity (Wildman–Crippen MR) is 51.9 cm³/mol. The SMILES string of the molecule is Cc1cnc(CCCC#N)c(N)c1. The topological polar surface area (TPSA) is 62.7 Å². The normalized spacial score (nSPS) is 9.54. The number of aromatic nitrogens is 1. The van der Waals surface area contributed by atoms with Gasteiger partial charge in [0.2, 0.25) is 0 Å². The summed E-state index contributed by atoms with van der Waals surface area (Å²) in [6.45, 7) is 1.96. The Labute approximate surface area is 78.2 Å². The quantitative estimate of drug-likeness (QED) is 0.713. The second-order valence-corrected chi connectivity index (χ2v) is 3.06. The molecule has 2 N–H and O–H groups in total. The molecule has 0 aliphatic heterocycles. The number of nitrogen functional groups attached to an aromatic ring is 1.